The fraction of sp³-hybridized carbons (Fsp3) is 0.533. The number of nitrogens with zero attached hydrogens (tertiary/aromatic N) is 1. The van der Waals surface area contributed by atoms with Crippen molar-refractivity contribution >= 4 is 5.91 Å². The van der Waals surface area contributed by atoms with Crippen LogP contribution < -0.4 is 5.73 Å². The topological polar surface area (TPSA) is 46.3 Å². The molecule has 2 rings (SSSR count). The third-order valence-electron chi connectivity index (χ3n) is 3.44. The van der Waals surface area contributed by atoms with Gasteiger partial charge in [-0.15, -0.1) is 0 Å². The van der Waals surface area contributed by atoms with Crippen LogP contribution >= 0.6 is 0 Å². The van der Waals surface area contributed by atoms with Crippen molar-refractivity contribution in [2.45, 2.75) is 45.2 Å². The second-order valence-electron chi connectivity index (χ2n) is 4.98. The molecule has 1 aromatic rings. The van der Waals surface area contributed by atoms with Crippen LogP contribution in [0.3, 0.4) is 0 Å². The van der Waals surface area contributed by atoms with Crippen molar-refractivity contribution in [2.75, 3.05) is 6.54 Å². The molecule has 0 atom stereocenters. The normalized spacial score (nSPS) is 14.6. The van der Waals surface area contributed by atoms with E-state index in [0.29, 0.717) is 12.6 Å². The van der Waals surface area contributed by atoms with E-state index in [0.717, 1.165) is 43.4 Å². The Balaban J connectivity index is 2.06. The van der Waals surface area contributed by atoms with E-state index in [1.54, 1.807) is 0 Å². The van der Waals surface area contributed by atoms with E-state index in [2.05, 4.69) is 6.92 Å². The molecule has 0 saturated heterocycles. The highest BCUT2D eigenvalue weighted by molar-refractivity contribution is 5.94. The third-order valence-corrected chi connectivity index (χ3v) is 3.44. The zero-order valence-corrected chi connectivity index (χ0v) is 11.1. The summed E-state index contributed by atoms with van der Waals surface area (Å²) >= 11 is 0. The summed E-state index contributed by atoms with van der Waals surface area (Å²) in [5.41, 5.74) is 7.42. The van der Waals surface area contributed by atoms with Crippen molar-refractivity contribution in [3.8, 4) is 0 Å². The van der Waals surface area contributed by atoms with Gasteiger partial charge in [0.15, 0.2) is 0 Å². The molecule has 1 saturated carbocycles. The summed E-state index contributed by atoms with van der Waals surface area (Å²) < 4.78 is 0. The van der Waals surface area contributed by atoms with Gasteiger partial charge in [-0.05, 0) is 37.0 Å². The average molecular weight is 246 g/mol. The van der Waals surface area contributed by atoms with Gasteiger partial charge in [-0.1, -0.05) is 25.5 Å². The van der Waals surface area contributed by atoms with E-state index in [-0.39, 0.29) is 5.91 Å². The highest BCUT2D eigenvalue weighted by Gasteiger charge is 2.32. The van der Waals surface area contributed by atoms with E-state index in [1.807, 2.05) is 29.2 Å². The number of amides is 1. The Morgan fingerprint density at radius 3 is 2.50 bits per heavy atom. The van der Waals surface area contributed by atoms with Gasteiger partial charge in [-0.3, -0.25) is 4.79 Å². The molecule has 0 radical (unpaired) electrons. The molecule has 98 valence electrons. The molecule has 0 aliphatic heterocycles. The minimum atomic E-state index is 0.175. The molecule has 0 unspecified atom stereocenters. The van der Waals surface area contributed by atoms with Crippen molar-refractivity contribution in [1.82, 2.24) is 4.90 Å². The van der Waals surface area contributed by atoms with Gasteiger partial charge in [0.2, 0.25) is 0 Å². The lowest BCUT2D eigenvalue weighted by Gasteiger charge is -2.22. The van der Waals surface area contributed by atoms with Gasteiger partial charge in [0, 0.05) is 24.7 Å². The van der Waals surface area contributed by atoms with Crippen LogP contribution in [0.1, 0.15) is 48.5 Å². The number of hydrogen-bond donors (Lipinski definition) is 1. The molecule has 18 heavy (non-hydrogen) atoms. The van der Waals surface area contributed by atoms with Gasteiger partial charge in [-0.2, -0.15) is 0 Å². The minimum absolute atomic E-state index is 0.175. The second kappa shape index (κ2) is 6.01. The smallest absolute Gasteiger partial charge is 0.254 e. The first kappa shape index (κ1) is 13.1. The van der Waals surface area contributed by atoms with Gasteiger partial charge in [0.05, 0.1) is 0 Å². The third kappa shape index (κ3) is 3.10. The average Bonchev–Trinajstić information content (AvgIpc) is 3.24. The summed E-state index contributed by atoms with van der Waals surface area (Å²) in [6.45, 7) is 3.57. The van der Waals surface area contributed by atoms with Gasteiger partial charge >= 0.3 is 0 Å². The van der Waals surface area contributed by atoms with Crippen LogP contribution in [0.4, 0.5) is 0 Å². The van der Waals surface area contributed by atoms with Gasteiger partial charge in [0.1, 0.15) is 0 Å². The molecule has 3 nitrogen and oxygen atoms in total. The maximum Gasteiger partial charge on any atom is 0.254 e. The predicted octanol–water partition coefficient (Wildman–Crippen LogP) is 2.55. The predicted molar refractivity (Wildman–Crippen MR) is 73.3 cm³/mol. The molecular formula is C15H22N2O. The molecule has 0 aromatic heterocycles. The number of carbonyl (C=O) groups excluding carboxylic acids is 1. The Kier molecular flexibility index (Phi) is 4.37. The quantitative estimate of drug-likeness (QED) is 0.838. The van der Waals surface area contributed by atoms with E-state index < -0.39 is 0 Å². The molecule has 1 aliphatic carbocycles. The van der Waals surface area contributed by atoms with Crippen LogP contribution in [0, 0.1) is 0 Å². The summed E-state index contributed by atoms with van der Waals surface area (Å²) in [5, 5.41) is 0. The van der Waals surface area contributed by atoms with Crippen LogP contribution in [0.15, 0.2) is 24.3 Å². The second-order valence-corrected chi connectivity index (χ2v) is 4.98. The molecule has 2 N–H and O–H groups in total. The van der Waals surface area contributed by atoms with Crippen LogP contribution in [0.2, 0.25) is 0 Å². The lowest BCUT2D eigenvalue weighted by molar-refractivity contribution is 0.0740. The first-order chi connectivity index (χ1) is 8.76. The Morgan fingerprint density at radius 1 is 1.33 bits per heavy atom. The Morgan fingerprint density at radius 2 is 2.00 bits per heavy atom. The lowest BCUT2D eigenvalue weighted by Crippen LogP contribution is -2.34. The fourth-order valence-corrected chi connectivity index (χ4v) is 2.11. The standard InChI is InChI=1S/C15H22N2O/c1-2-3-10-17(14-8-9-14)15(18)13-6-4-12(11-16)5-7-13/h4-7,14H,2-3,8-11,16H2,1H3. The number of carbonyl (C=O) groups is 1. The van der Waals surface area contributed by atoms with E-state index >= 15 is 0 Å². The van der Waals surface area contributed by atoms with Crippen LogP contribution in [-0.4, -0.2) is 23.4 Å². The van der Waals surface area contributed by atoms with Crippen LogP contribution in [0.25, 0.3) is 0 Å². The SMILES string of the molecule is CCCCN(C(=O)c1ccc(CN)cc1)C1CC1. The van der Waals surface area contributed by atoms with E-state index in [1.165, 1.54) is 0 Å². The Bertz CT molecular complexity index is 395. The lowest BCUT2D eigenvalue weighted by atomic mass is 10.1. The molecule has 1 amide bonds. The Labute approximate surface area is 109 Å². The number of unbranched alkanes of at least 4 members (excludes halogenated alkanes) is 1. The van der Waals surface area contributed by atoms with Crippen molar-refractivity contribution in [3.05, 3.63) is 35.4 Å². The molecule has 0 heterocycles. The molecule has 1 aliphatic rings. The summed E-state index contributed by atoms with van der Waals surface area (Å²) in [4.78, 5) is 14.5. The van der Waals surface area contributed by atoms with Gasteiger partial charge in [0.25, 0.3) is 5.91 Å². The van der Waals surface area contributed by atoms with E-state index in [4.69, 9.17) is 5.73 Å². The molecular weight excluding hydrogens is 224 g/mol. The highest BCUT2D eigenvalue weighted by Crippen LogP contribution is 2.28. The number of rotatable bonds is 6. The number of nitrogens with two attached hydrogens (primary N) is 1. The maximum atomic E-state index is 12.4. The zero-order chi connectivity index (χ0) is 13.0. The molecule has 0 bridgehead atoms. The monoisotopic (exact) mass is 246 g/mol. The molecule has 0 spiro atoms. The summed E-state index contributed by atoms with van der Waals surface area (Å²) in [5.74, 6) is 0.175. The number of hydrogen-bond acceptors (Lipinski definition) is 2. The minimum Gasteiger partial charge on any atom is -0.336 e. The maximum absolute atomic E-state index is 12.4. The van der Waals surface area contributed by atoms with Crippen LogP contribution in [0.5, 0.6) is 0 Å². The van der Waals surface area contributed by atoms with Gasteiger partial charge < -0.3 is 10.6 Å². The summed E-state index contributed by atoms with van der Waals surface area (Å²) in [6, 6.07) is 8.16. The Hall–Kier alpha value is -1.35. The van der Waals surface area contributed by atoms with Gasteiger partial charge in [-0.25, -0.2) is 0 Å². The molecule has 3 heteroatoms. The highest BCUT2D eigenvalue weighted by atomic mass is 16.2. The number of benzene rings is 1. The fourth-order valence-electron chi connectivity index (χ4n) is 2.11. The molecule has 1 aromatic carbocycles. The first-order valence-corrected chi connectivity index (χ1v) is 6.86. The van der Waals surface area contributed by atoms with Crippen LogP contribution in [-0.2, 0) is 6.54 Å². The van der Waals surface area contributed by atoms with Crippen molar-refractivity contribution < 1.29 is 4.79 Å². The van der Waals surface area contributed by atoms with Crippen molar-refractivity contribution in [1.29, 1.82) is 0 Å². The van der Waals surface area contributed by atoms with E-state index in [9.17, 15) is 4.79 Å². The molecule has 1 fully saturated rings. The largest absolute Gasteiger partial charge is 0.336 e. The zero-order valence-electron chi connectivity index (χ0n) is 11.1. The van der Waals surface area contributed by atoms with Crippen molar-refractivity contribution in [3.63, 3.8) is 0 Å². The summed E-state index contributed by atoms with van der Waals surface area (Å²) in [7, 11) is 0. The summed E-state index contributed by atoms with van der Waals surface area (Å²) in [6.07, 6.45) is 4.54. The first-order valence-electron chi connectivity index (χ1n) is 6.86. The van der Waals surface area contributed by atoms with Crippen molar-refractivity contribution in [2.24, 2.45) is 5.73 Å².